The fourth-order valence-electron chi connectivity index (χ4n) is 1.50. The van der Waals surface area contributed by atoms with Crippen molar-refractivity contribution in [1.82, 2.24) is 0 Å². The van der Waals surface area contributed by atoms with E-state index < -0.39 is 11.4 Å². The molecule has 0 aromatic heterocycles. The highest BCUT2D eigenvalue weighted by Crippen LogP contribution is 2.28. The van der Waals surface area contributed by atoms with Crippen molar-refractivity contribution >= 4 is 5.78 Å². The molecule has 0 amide bonds. The number of carbonyl (C=O) groups excluding carboxylic acids is 1. The Hall–Kier alpha value is -0.810. The summed E-state index contributed by atoms with van der Waals surface area (Å²) in [6, 6.07) is 0. The van der Waals surface area contributed by atoms with Crippen molar-refractivity contribution in [3.63, 3.8) is 0 Å². The Morgan fingerprint density at radius 1 is 1.36 bits per heavy atom. The van der Waals surface area contributed by atoms with Crippen LogP contribution < -0.4 is 0 Å². The SMILES string of the molecule is C#CC(=O)C1(O)CCCCC1. The maximum atomic E-state index is 11.0. The summed E-state index contributed by atoms with van der Waals surface area (Å²) in [5.74, 6) is 1.54. The summed E-state index contributed by atoms with van der Waals surface area (Å²) in [6.45, 7) is 0. The molecule has 1 aliphatic rings. The van der Waals surface area contributed by atoms with Crippen molar-refractivity contribution in [2.24, 2.45) is 0 Å². The van der Waals surface area contributed by atoms with Crippen LogP contribution in [0.25, 0.3) is 0 Å². The number of ketones is 1. The smallest absolute Gasteiger partial charge is 0.236 e. The van der Waals surface area contributed by atoms with Crippen LogP contribution in [0.4, 0.5) is 0 Å². The predicted octanol–water partition coefficient (Wildman–Crippen LogP) is 0.884. The lowest BCUT2D eigenvalue weighted by Crippen LogP contribution is -2.39. The number of carbonyl (C=O) groups is 1. The number of Topliss-reactive ketones (excluding diaryl/α,β-unsaturated/α-hetero) is 1. The summed E-state index contributed by atoms with van der Waals surface area (Å²) in [6.07, 6.45) is 8.91. The lowest BCUT2D eigenvalue weighted by Gasteiger charge is -2.28. The van der Waals surface area contributed by atoms with E-state index in [-0.39, 0.29) is 0 Å². The Morgan fingerprint density at radius 2 is 1.91 bits per heavy atom. The first-order chi connectivity index (χ1) is 5.19. The summed E-state index contributed by atoms with van der Waals surface area (Å²) < 4.78 is 0. The fraction of sp³-hybridized carbons (Fsp3) is 0.667. The van der Waals surface area contributed by atoms with E-state index in [1.54, 1.807) is 0 Å². The molecular weight excluding hydrogens is 140 g/mol. The molecule has 0 aromatic rings. The zero-order valence-corrected chi connectivity index (χ0v) is 6.47. The zero-order chi connectivity index (χ0) is 8.32. The lowest BCUT2D eigenvalue weighted by atomic mass is 9.82. The first-order valence-electron chi connectivity index (χ1n) is 3.92. The molecule has 1 fully saturated rings. The number of hydrogen-bond acceptors (Lipinski definition) is 2. The molecule has 2 heteroatoms. The third kappa shape index (κ3) is 1.61. The van der Waals surface area contributed by atoms with Gasteiger partial charge in [-0.2, -0.15) is 0 Å². The first kappa shape index (κ1) is 8.29. The molecule has 0 spiro atoms. The van der Waals surface area contributed by atoms with Crippen LogP contribution in [0.5, 0.6) is 0 Å². The van der Waals surface area contributed by atoms with E-state index in [1.807, 2.05) is 5.92 Å². The molecule has 0 unspecified atom stereocenters. The van der Waals surface area contributed by atoms with Gasteiger partial charge in [0, 0.05) is 0 Å². The van der Waals surface area contributed by atoms with Crippen LogP contribution in [0.2, 0.25) is 0 Å². The van der Waals surface area contributed by atoms with Crippen LogP contribution in [-0.2, 0) is 4.79 Å². The average molecular weight is 152 g/mol. The van der Waals surface area contributed by atoms with Gasteiger partial charge in [-0.3, -0.25) is 4.79 Å². The summed E-state index contributed by atoms with van der Waals surface area (Å²) in [5, 5.41) is 9.65. The summed E-state index contributed by atoms with van der Waals surface area (Å²) in [5.41, 5.74) is -1.19. The van der Waals surface area contributed by atoms with E-state index in [4.69, 9.17) is 6.42 Å². The molecule has 2 nitrogen and oxygen atoms in total. The van der Waals surface area contributed by atoms with Crippen LogP contribution >= 0.6 is 0 Å². The van der Waals surface area contributed by atoms with Gasteiger partial charge in [-0.05, 0) is 18.8 Å². The van der Waals surface area contributed by atoms with E-state index in [0.29, 0.717) is 12.8 Å². The molecule has 0 aliphatic heterocycles. The summed E-state index contributed by atoms with van der Waals surface area (Å²) >= 11 is 0. The lowest BCUT2D eigenvalue weighted by molar-refractivity contribution is -0.134. The molecular formula is C9H12O2. The van der Waals surface area contributed by atoms with Gasteiger partial charge in [0.1, 0.15) is 5.60 Å². The Balaban J connectivity index is 2.65. The molecule has 0 heterocycles. The van der Waals surface area contributed by atoms with E-state index in [2.05, 4.69) is 0 Å². The number of rotatable bonds is 1. The number of aliphatic hydroxyl groups is 1. The van der Waals surface area contributed by atoms with Gasteiger partial charge in [0.15, 0.2) is 0 Å². The quantitative estimate of drug-likeness (QED) is 0.447. The van der Waals surface area contributed by atoms with Gasteiger partial charge in [-0.1, -0.05) is 19.3 Å². The summed E-state index contributed by atoms with van der Waals surface area (Å²) in [7, 11) is 0. The second-order valence-corrected chi connectivity index (χ2v) is 3.07. The Bertz CT molecular complexity index is 194. The molecule has 11 heavy (non-hydrogen) atoms. The largest absolute Gasteiger partial charge is 0.381 e. The van der Waals surface area contributed by atoms with Crippen LogP contribution in [0.15, 0.2) is 0 Å². The van der Waals surface area contributed by atoms with Gasteiger partial charge in [0.05, 0.1) is 0 Å². The van der Waals surface area contributed by atoms with Gasteiger partial charge >= 0.3 is 0 Å². The third-order valence-corrected chi connectivity index (χ3v) is 2.23. The Labute approximate surface area is 66.6 Å². The van der Waals surface area contributed by atoms with Crippen molar-refractivity contribution in [3.05, 3.63) is 0 Å². The molecule has 1 aliphatic carbocycles. The number of hydrogen-bond donors (Lipinski definition) is 1. The minimum Gasteiger partial charge on any atom is -0.381 e. The van der Waals surface area contributed by atoms with Crippen LogP contribution in [-0.4, -0.2) is 16.5 Å². The van der Waals surface area contributed by atoms with Crippen molar-refractivity contribution < 1.29 is 9.90 Å². The zero-order valence-electron chi connectivity index (χ0n) is 6.47. The number of terminal acetylenes is 1. The molecule has 0 saturated heterocycles. The molecule has 1 saturated carbocycles. The van der Waals surface area contributed by atoms with Crippen molar-refractivity contribution in [1.29, 1.82) is 0 Å². The average Bonchev–Trinajstić information content (AvgIpc) is 2.04. The van der Waals surface area contributed by atoms with E-state index in [0.717, 1.165) is 19.3 Å². The van der Waals surface area contributed by atoms with Crippen molar-refractivity contribution in [2.45, 2.75) is 37.7 Å². The molecule has 1 N–H and O–H groups in total. The predicted molar refractivity (Wildman–Crippen MR) is 41.9 cm³/mol. The van der Waals surface area contributed by atoms with Gasteiger partial charge in [-0.25, -0.2) is 0 Å². The first-order valence-corrected chi connectivity index (χ1v) is 3.92. The van der Waals surface area contributed by atoms with Gasteiger partial charge in [0.25, 0.3) is 0 Å². The summed E-state index contributed by atoms with van der Waals surface area (Å²) in [4.78, 5) is 11.0. The minimum absolute atomic E-state index is 0.447. The standard InChI is InChI=1S/C9H12O2/c1-2-8(10)9(11)6-4-3-5-7-9/h1,11H,3-7H2. The van der Waals surface area contributed by atoms with E-state index >= 15 is 0 Å². The van der Waals surface area contributed by atoms with Crippen molar-refractivity contribution in [3.8, 4) is 12.3 Å². The minimum atomic E-state index is -1.19. The molecule has 1 rings (SSSR count). The fourth-order valence-corrected chi connectivity index (χ4v) is 1.50. The van der Waals surface area contributed by atoms with Crippen LogP contribution in [0.3, 0.4) is 0 Å². The highest BCUT2D eigenvalue weighted by Gasteiger charge is 2.35. The monoisotopic (exact) mass is 152 g/mol. The van der Waals surface area contributed by atoms with Crippen molar-refractivity contribution in [2.75, 3.05) is 0 Å². The van der Waals surface area contributed by atoms with E-state index in [9.17, 15) is 9.90 Å². The molecule has 0 atom stereocenters. The van der Waals surface area contributed by atoms with Gasteiger partial charge in [-0.15, -0.1) is 6.42 Å². The Morgan fingerprint density at radius 3 is 2.36 bits per heavy atom. The highest BCUT2D eigenvalue weighted by molar-refractivity contribution is 6.01. The molecule has 0 bridgehead atoms. The molecule has 60 valence electrons. The third-order valence-electron chi connectivity index (χ3n) is 2.23. The van der Waals surface area contributed by atoms with Crippen LogP contribution in [0.1, 0.15) is 32.1 Å². The second-order valence-electron chi connectivity index (χ2n) is 3.07. The maximum absolute atomic E-state index is 11.0. The van der Waals surface area contributed by atoms with Gasteiger partial charge in [0.2, 0.25) is 5.78 Å². The van der Waals surface area contributed by atoms with Gasteiger partial charge < -0.3 is 5.11 Å². The second kappa shape index (κ2) is 3.06. The Kier molecular flexibility index (Phi) is 2.31. The maximum Gasteiger partial charge on any atom is 0.236 e. The highest BCUT2D eigenvalue weighted by atomic mass is 16.3. The molecule has 0 radical (unpaired) electrons. The normalized spacial score (nSPS) is 22.2. The van der Waals surface area contributed by atoms with Crippen LogP contribution in [0, 0.1) is 12.3 Å². The van der Waals surface area contributed by atoms with E-state index in [1.165, 1.54) is 0 Å². The topological polar surface area (TPSA) is 37.3 Å². The molecule has 0 aromatic carbocycles.